The number of carbonyl (C=O) groups is 1. The number of carboxylic acid groups (broad SMARTS) is 1. The maximum Gasteiger partial charge on any atom is 0.404 e. The van der Waals surface area contributed by atoms with Gasteiger partial charge >= 0.3 is 6.09 Å². The lowest BCUT2D eigenvalue weighted by Gasteiger charge is -2.14. The van der Waals surface area contributed by atoms with E-state index in [0.29, 0.717) is 29.4 Å². The largest absolute Gasteiger partial charge is 0.465 e. The van der Waals surface area contributed by atoms with E-state index in [-0.39, 0.29) is 6.04 Å². The lowest BCUT2D eigenvalue weighted by atomic mass is 10.2. The quantitative estimate of drug-likeness (QED) is 0.637. The fourth-order valence-corrected chi connectivity index (χ4v) is 2.31. The van der Waals surface area contributed by atoms with E-state index in [0.717, 1.165) is 11.3 Å². The van der Waals surface area contributed by atoms with Gasteiger partial charge in [0.2, 0.25) is 0 Å². The normalized spacial score (nSPS) is 11.3. The fraction of sp³-hybridized carbons (Fsp3) is 0.294. The van der Waals surface area contributed by atoms with Gasteiger partial charge in [0.15, 0.2) is 0 Å². The molecule has 0 aliphatic rings. The van der Waals surface area contributed by atoms with Crippen molar-refractivity contribution in [1.29, 1.82) is 5.26 Å². The molecule has 0 aliphatic heterocycles. The van der Waals surface area contributed by atoms with Crippen LogP contribution in [0.2, 0.25) is 0 Å². The molecule has 1 atom stereocenters. The highest BCUT2D eigenvalue weighted by molar-refractivity contribution is 5.68. The molecule has 2 aromatic rings. The molecule has 0 fully saturated rings. The van der Waals surface area contributed by atoms with Crippen LogP contribution in [0.4, 0.5) is 22.1 Å². The number of nitrogens with one attached hydrogen (secondary N) is 3. The Morgan fingerprint density at radius 2 is 2.08 bits per heavy atom. The smallest absolute Gasteiger partial charge is 0.404 e. The Balaban J connectivity index is 2.16. The maximum atomic E-state index is 10.6. The molecule has 2 heterocycles. The van der Waals surface area contributed by atoms with Gasteiger partial charge in [0.25, 0.3) is 0 Å². The summed E-state index contributed by atoms with van der Waals surface area (Å²) in [6.07, 6.45) is 0.383. The Hall–Kier alpha value is -3.34. The van der Waals surface area contributed by atoms with Crippen molar-refractivity contribution in [2.45, 2.75) is 26.8 Å². The second-order valence-electron chi connectivity index (χ2n) is 5.75. The van der Waals surface area contributed by atoms with Crippen LogP contribution in [0.5, 0.6) is 0 Å². The monoisotopic (exact) mass is 340 g/mol. The van der Waals surface area contributed by atoms with Crippen molar-refractivity contribution in [3.63, 3.8) is 0 Å². The highest BCUT2D eigenvalue weighted by Crippen LogP contribution is 2.22. The number of aryl methyl sites for hydroxylation is 2. The number of amides is 1. The molecular formula is C17H20N6O2. The van der Waals surface area contributed by atoms with E-state index in [4.69, 9.17) is 5.11 Å². The van der Waals surface area contributed by atoms with Gasteiger partial charge in [-0.15, -0.1) is 0 Å². The maximum absolute atomic E-state index is 10.6. The number of nitrogens with zero attached hydrogens (tertiary/aromatic N) is 3. The van der Waals surface area contributed by atoms with Gasteiger partial charge in [0.05, 0.1) is 11.3 Å². The third-order valence-electron chi connectivity index (χ3n) is 3.34. The molecule has 25 heavy (non-hydrogen) atoms. The zero-order chi connectivity index (χ0) is 18.4. The van der Waals surface area contributed by atoms with Gasteiger partial charge in [-0.3, -0.25) is 0 Å². The van der Waals surface area contributed by atoms with Crippen molar-refractivity contribution in [3.05, 3.63) is 41.2 Å². The number of pyridine rings is 2. The van der Waals surface area contributed by atoms with Crippen LogP contribution in [-0.2, 0) is 0 Å². The molecule has 2 aromatic heterocycles. The van der Waals surface area contributed by atoms with Crippen molar-refractivity contribution in [1.82, 2.24) is 15.3 Å². The van der Waals surface area contributed by atoms with Crippen LogP contribution in [0, 0.1) is 25.2 Å². The minimum Gasteiger partial charge on any atom is -0.465 e. The van der Waals surface area contributed by atoms with Crippen LogP contribution in [0.3, 0.4) is 0 Å². The molecule has 0 spiro atoms. The van der Waals surface area contributed by atoms with Crippen molar-refractivity contribution in [2.75, 3.05) is 17.2 Å². The Morgan fingerprint density at radius 1 is 1.32 bits per heavy atom. The highest BCUT2D eigenvalue weighted by atomic mass is 16.4. The summed E-state index contributed by atoms with van der Waals surface area (Å²) in [6, 6.07) is 7.36. The molecule has 8 heteroatoms. The van der Waals surface area contributed by atoms with E-state index < -0.39 is 6.09 Å². The SMILES string of the molecule is Cc1cc(C)nc(Nc2cc(NC[C@H](C)NC(=O)O)ncc2C#N)c1. The molecule has 4 N–H and O–H groups in total. The number of hydrogen-bond donors (Lipinski definition) is 4. The van der Waals surface area contributed by atoms with Gasteiger partial charge in [0, 0.05) is 30.5 Å². The zero-order valence-corrected chi connectivity index (χ0v) is 14.3. The van der Waals surface area contributed by atoms with E-state index >= 15 is 0 Å². The fourth-order valence-electron chi connectivity index (χ4n) is 2.31. The van der Waals surface area contributed by atoms with Crippen molar-refractivity contribution in [2.24, 2.45) is 0 Å². The van der Waals surface area contributed by atoms with E-state index in [1.54, 1.807) is 13.0 Å². The summed E-state index contributed by atoms with van der Waals surface area (Å²) in [5, 5.41) is 26.5. The first-order valence-electron chi connectivity index (χ1n) is 7.73. The van der Waals surface area contributed by atoms with E-state index in [1.807, 2.05) is 26.0 Å². The topological polar surface area (TPSA) is 123 Å². The van der Waals surface area contributed by atoms with Crippen molar-refractivity contribution in [3.8, 4) is 6.07 Å². The second-order valence-corrected chi connectivity index (χ2v) is 5.75. The summed E-state index contributed by atoms with van der Waals surface area (Å²) in [7, 11) is 0. The lowest BCUT2D eigenvalue weighted by Crippen LogP contribution is -2.36. The van der Waals surface area contributed by atoms with Crippen molar-refractivity contribution >= 4 is 23.4 Å². The molecule has 0 saturated carbocycles. The minimum absolute atomic E-state index is 0.285. The van der Waals surface area contributed by atoms with Gasteiger partial charge in [-0.1, -0.05) is 0 Å². The van der Waals surface area contributed by atoms with Crippen LogP contribution in [0.15, 0.2) is 24.4 Å². The van der Waals surface area contributed by atoms with Gasteiger partial charge < -0.3 is 21.1 Å². The van der Waals surface area contributed by atoms with E-state index in [9.17, 15) is 10.1 Å². The summed E-state index contributed by atoms with van der Waals surface area (Å²) in [4.78, 5) is 19.2. The number of hydrogen-bond acceptors (Lipinski definition) is 6. The predicted molar refractivity (Wildman–Crippen MR) is 95.1 cm³/mol. The zero-order valence-electron chi connectivity index (χ0n) is 14.3. The first kappa shape index (κ1) is 18.0. The number of aromatic nitrogens is 2. The molecule has 0 saturated heterocycles. The third kappa shape index (κ3) is 5.35. The first-order valence-corrected chi connectivity index (χ1v) is 7.73. The number of nitriles is 1. The average molecular weight is 340 g/mol. The molecule has 8 nitrogen and oxygen atoms in total. The van der Waals surface area contributed by atoms with E-state index in [1.165, 1.54) is 6.20 Å². The summed E-state index contributed by atoms with van der Waals surface area (Å²) in [6.45, 7) is 5.98. The number of rotatable bonds is 6. The second kappa shape index (κ2) is 7.97. The van der Waals surface area contributed by atoms with Crippen LogP contribution in [-0.4, -0.2) is 33.8 Å². The summed E-state index contributed by atoms with van der Waals surface area (Å²) < 4.78 is 0. The number of anilines is 3. The Labute approximate surface area is 145 Å². The van der Waals surface area contributed by atoms with Gasteiger partial charge in [-0.05, 0) is 38.5 Å². The minimum atomic E-state index is -1.08. The Morgan fingerprint density at radius 3 is 2.72 bits per heavy atom. The van der Waals surface area contributed by atoms with Crippen molar-refractivity contribution < 1.29 is 9.90 Å². The first-order chi connectivity index (χ1) is 11.9. The molecule has 0 radical (unpaired) electrons. The van der Waals surface area contributed by atoms with Crippen LogP contribution in [0.25, 0.3) is 0 Å². The molecule has 0 aromatic carbocycles. The standard InChI is InChI=1S/C17H20N6O2/c1-10-4-11(2)21-16(5-10)23-14-6-15(20-9-13(14)7-18)19-8-12(3)22-17(24)25/h4-6,9,12,22H,8H2,1-3H3,(H,24,25)(H2,19,20,21,23)/t12-/m0/s1. The van der Waals surface area contributed by atoms with Gasteiger partial charge in [-0.25, -0.2) is 14.8 Å². The molecule has 0 aliphatic carbocycles. The van der Waals surface area contributed by atoms with E-state index in [2.05, 4.69) is 32.0 Å². The van der Waals surface area contributed by atoms with Crippen LogP contribution in [0.1, 0.15) is 23.7 Å². The lowest BCUT2D eigenvalue weighted by molar-refractivity contribution is 0.191. The molecule has 1 amide bonds. The van der Waals surface area contributed by atoms with Gasteiger partial charge in [0.1, 0.15) is 17.7 Å². The van der Waals surface area contributed by atoms with Gasteiger partial charge in [-0.2, -0.15) is 5.26 Å². The van der Waals surface area contributed by atoms with Crippen LogP contribution < -0.4 is 16.0 Å². The molecular weight excluding hydrogens is 320 g/mol. The Bertz CT molecular complexity index is 795. The average Bonchev–Trinajstić information content (AvgIpc) is 2.51. The molecule has 0 unspecified atom stereocenters. The summed E-state index contributed by atoms with van der Waals surface area (Å²) in [5.74, 6) is 1.18. The molecule has 130 valence electrons. The molecule has 0 bridgehead atoms. The van der Waals surface area contributed by atoms with Crippen LogP contribution >= 0.6 is 0 Å². The Kier molecular flexibility index (Phi) is 5.74. The summed E-state index contributed by atoms with van der Waals surface area (Å²) >= 11 is 0. The molecule has 2 rings (SSSR count). The predicted octanol–water partition coefficient (Wildman–Crippen LogP) is 2.78. The highest BCUT2D eigenvalue weighted by Gasteiger charge is 2.09. The summed E-state index contributed by atoms with van der Waals surface area (Å²) in [5.41, 5.74) is 2.91. The third-order valence-corrected chi connectivity index (χ3v) is 3.34.